The van der Waals surface area contributed by atoms with Gasteiger partial charge in [0.25, 0.3) is 5.69 Å². The Hall–Kier alpha value is -2.82. The second-order valence-electron chi connectivity index (χ2n) is 5.32. The molecular formula is C17H16BrClN4O5. The van der Waals surface area contributed by atoms with Gasteiger partial charge in [-0.15, -0.1) is 17.0 Å². The third kappa shape index (κ3) is 5.84. The molecular weight excluding hydrogens is 456 g/mol. The molecule has 2 amide bonds. The summed E-state index contributed by atoms with van der Waals surface area (Å²) in [5, 5.41) is 15.5. The van der Waals surface area contributed by atoms with E-state index in [1.807, 2.05) is 0 Å². The molecule has 148 valence electrons. The Balaban J connectivity index is 0.00000392. The summed E-state index contributed by atoms with van der Waals surface area (Å²) in [6, 6.07) is 9.70. The van der Waals surface area contributed by atoms with Crippen molar-refractivity contribution in [3.8, 4) is 0 Å². The first-order chi connectivity index (χ1) is 12.8. The molecule has 0 bridgehead atoms. The molecule has 0 fully saturated rings. The largest absolute Gasteiger partial charge is 0.346 e. The molecule has 0 aliphatic heterocycles. The number of ketones is 1. The zero-order valence-electron chi connectivity index (χ0n) is 14.3. The standard InChI is InChI=1S/C17H15ClN4O5.BrH/c18-13-7-10(22(26)27)5-6-11(13)17(25)12-3-1-2-4-14(12)21-16(24)9-20-15(23)8-19;/h1-7H,8-9,19H2,(H,20,23)(H,21,24);1H. The van der Waals surface area contributed by atoms with Gasteiger partial charge >= 0.3 is 0 Å². The van der Waals surface area contributed by atoms with Crippen LogP contribution in [0.1, 0.15) is 15.9 Å². The van der Waals surface area contributed by atoms with Crippen LogP contribution in [0, 0.1) is 10.1 Å². The van der Waals surface area contributed by atoms with Gasteiger partial charge in [0.2, 0.25) is 11.8 Å². The average Bonchev–Trinajstić information content (AvgIpc) is 2.65. The van der Waals surface area contributed by atoms with E-state index < -0.39 is 22.5 Å². The molecule has 11 heteroatoms. The Kier molecular flexibility index (Phi) is 8.71. The number of para-hydroxylation sites is 1. The molecule has 0 saturated heterocycles. The van der Waals surface area contributed by atoms with Gasteiger partial charge in [0.15, 0.2) is 5.78 Å². The number of nitro benzene ring substituents is 1. The fourth-order valence-electron chi connectivity index (χ4n) is 2.18. The summed E-state index contributed by atoms with van der Waals surface area (Å²) in [5.74, 6) is -1.56. The van der Waals surface area contributed by atoms with Crippen LogP contribution >= 0.6 is 28.6 Å². The van der Waals surface area contributed by atoms with E-state index >= 15 is 0 Å². The summed E-state index contributed by atoms with van der Waals surface area (Å²) < 4.78 is 0. The van der Waals surface area contributed by atoms with E-state index in [9.17, 15) is 24.5 Å². The van der Waals surface area contributed by atoms with Crippen molar-refractivity contribution in [2.45, 2.75) is 0 Å². The van der Waals surface area contributed by atoms with Crippen LogP contribution in [0.3, 0.4) is 0 Å². The highest BCUT2D eigenvalue weighted by molar-refractivity contribution is 8.93. The topological polar surface area (TPSA) is 144 Å². The van der Waals surface area contributed by atoms with E-state index in [2.05, 4.69) is 10.6 Å². The maximum Gasteiger partial charge on any atom is 0.270 e. The Bertz CT molecular complexity index is 922. The predicted molar refractivity (Wildman–Crippen MR) is 109 cm³/mol. The lowest BCUT2D eigenvalue weighted by molar-refractivity contribution is -0.384. The van der Waals surface area contributed by atoms with Crippen LogP contribution < -0.4 is 16.4 Å². The molecule has 0 aliphatic rings. The summed E-state index contributed by atoms with van der Waals surface area (Å²) in [6.45, 7) is -0.558. The van der Waals surface area contributed by atoms with Crippen LogP contribution in [0.5, 0.6) is 0 Å². The number of nitrogens with two attached hydrogens (primary N) is 1. The first-order valence-corrected chi connectivity index (χ1v) is 8.05. The predicted octanol–water partition coefficient (Wildman–Crippen LogP) is 2.07. The third-order valence-corrected chi connectivity index (χ3v) is 3.80. The van der Waals surface area contributed by atoms with Crippen LogP contribution in [-0.2, 0) is 9.59 Å². The number of anilines is 1. The van der Waals surface area contributed by atoms with Crippen LogP contribution in [-0.4, -0.2) is 35.6 Å². The van der Waals surface area contributed by atoms with Gasteiger partial charge in [0.05, 0.1) is 28.7 Å². The van der Waals surface area contributed by atoms with Gasteiger partial charge in [-0.1, -0.05) is 23.7 Å². The van der Waals surface area contributed by atoms with Crippen molar-refractivity contribution in [2.75, 3.05) is 18.4 Å². The Morgan fingerprint density at radius 3 is 2.36 bits per heavy atom. The number of hydrogen-bond acceptors (Lipinski definition) is 6. The van der Waals surface area contributed by atoms with Crippen molar-refractivity contribution in [3.63, 3.8) is 0 Å². The number of carbonyl (C=O) groups excluding carboxylic acids is 3. The summed E-state index contributed by atoms with van der Waals surface area (Å²) >= 11 is 6.00. The van der Waals surface area contributed by atoms with E-state index in [1.54, 1.807) is 12.1 Å². The zero-order valence-corrected chi connectivity index (χ0v) is 16.8. The molecule has 0 atom stereocenters. The molecule has 0 unspecified atom stereocenters. The van der Waals surface area contributed by atoms with Gasteiger partial charge in [-0.3, -0.25) is 24.5 Å². The molecule has 9 nitrogen and oxygen atoms in total. The van der Waals surface area contributed by atoms with Crippen molar-refractivity contribution < 1.29 is 19.3 Å². The highest BCUT2D eigenvalue weighted by Gasteiger charge is 2.19. The van der Waals surface area contributed by atoms with Crippen molar-refractivity contribution in [1.29, 1.82) is 0 Å². The van der Waals surface area contributed by atoms with Gasteiger partial charge in [-0.2, -0.15) is 0 Å². The lowest BCUT2D eigenvalue weighted by Gasteiger charge is -2.11. The summed E-state index contributed by atoms with van der Waals surface area (Å²) in [4.78, 5) is 46.0. The number of rotatable bonds is 7. The van der Waals surface area contributed by atoms with Gasteiger partial charge in [0.1, 0.15) is 0 Å². The van der Waals surface area contributed by atoms with Crippen LogP contribution in [0.15, 0.2) is 42.5 Å². The van der Waals surface area contributed by atoms with Gasteiger partial charge in [-0.25, -0.2) is 0 Å². The fourth-order valence-corrected chi connectivity index (χ4v) is 2.44. The minimum Gasteiger partial charge on any atom is -0.346 e. The first-order valence-electron chi connectivity index (χ1n) is 7.67. The van der Waals surface area contributed by atoms with Gasteiger partial charge < -0.3 is 16.4 Å². The number of non-ortho nitro benzene ring substituents is 1. The second-order valence-corrected chi connectivity index (χ2v) is 5.73. The van der Waals surface area contributed by atoms with Crippen molar-refractivity contribution in [2.24, 2.45) is 5.73 Å². The fraction of sp³-hybridized carbons (Fsp3) is 0.118. The molecule has 0 saturated carbocycles. The van der Waals surface area contributed by atoms with E-state index in [0.717, 1.165) is 6.07 Å². The average molecular weight is 472 g/mol. The first kappa shape index (κ1) is 23.2. The number of nitrogens with zero attached hydrogens (tertiary/aromatic N) is 1. The van der Waals surface area contributed by atoms with Crippen molar-refractivity contribution >= 4 is 57.6 Å². The molecule has 2 aromatic rings. The quantitative estimate of drug-likeness (QED) is 0.320. The monoisotopic (exact) mass is 470 g/mol. The van der Waals surface area contributed by atoms with Crippen molar-refractivity contribution in [1.82, 2.24) is 5.32 Å². The van der Waals surface area contributed by atoms with E-state index in [0.29, 0.717) is 0 Å². The highest BCUT2D eigenvalue weighted by atomic mass is 79.9. The molecule has 2 rings (SSSR count). The lowest BCUT2D eigenvalue weighted by atomic mass is 10.0. The van der Waals surface area contributed by atoms with Crippen LogP contribution in [0.25, 0.3) is 0 Å². The van der Waals surface area contributed by atoms with Gasteiger partial charge in [0, 0.05) is 23.3 Å². The molecule has 28 heavy (non-hydrogen) atoms. The number of carbonyl (C=O) groups is 3. The number of nitrogens with one attached hydrogen (secondary N) is 2. The Labute approximate surface area is 175 Å². The second kappa shape index (κ2) is 10.5. The molecule has 0 aromatic heterocycles. The normalized spacial score (nSPS) is 9.79. The lowest BCUT2D eigenvalue weighted by Crippen LogP contribution is -2.36. The smallest absolute Gasteiger partial charge is 0.270 e. The summed E-state index contributed by atoms with van der Waals surface area (Å²) in [5.41, 5.74) is 5.31. The molecule has 0 aliphatic carbocycles. The van der Waals surface area contributed by atoms with Crippen LogP contribution in [0.4, 0.5) is 11.4 Å². The van der Waals surface area contributed by atoms with Crippen LogP contribution in [0.2, 0.25) is 5.02 Å². The minimum absolute atomic E-state index is 0. The number of benzene rings is 2. The Morgan fingerprint density at radius 2 is 1.75 bits per heavy atom. The van der Waals surface area contributed by atoms with E-state index in [4.69, 9.17) is 17.3 Å². The number of nitro groups is 1. The minimum atomic E-state index is -0.621. The number of amides is 2. The number of hydrogen-bond donors (Lipinski definition) is 3. The Morgan fingerprint density at radius 1 is 1.07 bits per heavy atom. The van der Waals surface area contributed by atoms with E-state index in [1.165, 1.54) is 24.3 Å². The molecule has 0 spiro atoms. The maximum absolute atomic E-state index is 12.8. The summed E-state index contributed by atoms with van der Waals surface area (Å²) in [6.07, 6.45) is 0. The number of halogens is 2. The molecule has 0 heterocycles. The van der Waals surface area contributed by atoms with Crippen molar-refractivity contribution in [3.05, 3.63) is 68.7 Å². The zero-order chi connectivity index (χ0) is 20.0. The highest BCUT2D eigenvalue weighted by Crippen LogP contribution is 2.27. The van der Waals surface area contributed by atoms with E-state index in [-0.39, 0.29) is 57.6 Å². The molecule has 4 N–H and O–H groups in total. The van der Waals surface area contributed by atoms with Gasteiger partial charge in [-0.05, 0) is 18.2 Å². The molecule has 0 radical (unpaired) electrons. The third-order valence-electron chi connectivity index (χ3n) is 3.49. The molecule has 2 aromatic carbocycles. The SMILES string of the molecule is Br.NCC(=O)NCC(=O)Nc1ccccc1C(=O)c1ccc([N+](=O)[O-])cc1Cl. The maximum atomic E-state index is 12.8. The summed E-state index contributed by atoms with van der Waals surface area (Å²) in [7, 11) is 0.